The smallest absolute Gasteiger partial charge is 0.195 e. The summed E-state index contributed by atoms with van der Waals surface area (Å²) >= 11 is 13.4. The topological polar surface area (TPSA) is 29.3 Å². The van der Waals surface area contributed by atoms with Crippen molar-refractivity contribution in [1.82, 2.24) is 9.88 Å². The zero-order valence-electron chi connectivity index (χ0n) is 13.3. The number of halogens is 1. The molecule has 1 aromatic heterocycles. The highest BCUT2D eigenvalue weighted by Crippen LogP contribution is 2.44. The van der Waals surface area contributed by atoms with Crippen molar-refractivity contribution in [1.29, 1.82) is 0 Å². The fourth-order valence-corrected chi connectivity index (χ4v) is 5.24. The normalized spacial score (nSPS) is 26.0. The van der Waals surface area contributed by atoms with Gasteiger partial charge in [0, 0.05) is 22.6 Å². The number of hydrogen-bond acceptors (Lipinski definition) is 2. The van der Waals surface area contributed by atoms with Gasteiger partial charge < -0.3 is 9.88 Å². The van der Waals surface area contributed by atoms with Crippen molar-refractivity contribution in [3.05, 3.63) is 51.2 Å². The molecule has 0 amide bonds. The number of aromatic nitrogens is 1. The minimum Gasteiger partial charge on any atom is -0.358 e. The molecule has 0 spiro atoms. The number of rotatable bonds is 3. The summed E-state index contributed by atoms with van der Waals surface area (Å²) in [7, 11) is 0. The Labute approximate surface area is 156 Å². The molecule has 1 aromatic carbocycles. The fraction of sp³-hybridized carbons (Fsp3) is 0.444. The molecular weight excluding hydrogens is 358 g/mol. The summed E-state index contributed by atoms with van der Waals surface area (Å²) in [6.45, 7) is 0.707. The Hall–Kier alpha value is -1.17. The van der Waals surface area contributed by atoms with Crippen molar-refractivity contribution in [2.45, 2.75) is 38.3 Å². The van der Waals surface area contributed by atoms with Gasteiger partial charge in [-0.25, -0.2) is 0 Å². The molecule has 3 nitrogen and oxygen atoms in total. The van der Waals surface area contributed by atoms with Crippen LogP contribution in [0.1, 0.15) is 31.2 Å². The number of hydrogen-bond donors (Lipinski definition) is 1. The maximum Gasteiger partial charge on any atom is 0.195 e. The van der Waals surface area contributed by atoms with Gasteiger partial charge in [0.1, 0.15) is 0 Å². The van der Waals surface area contributed by atoms with Gasteiger partial charge in [0.25, 0.3) is 0 Å². The number of nitrogens with one attached hydrogen (secondary N) is 1. The van der Waals surface area contributed by atoms with Crippen molar-refractivity contribution in [2.24, 2.45) is 16.8 Å². The summed E-state index contributed by atoms with van der Waals surface area (Å²) in [6.07, 6.45) is 7.40. The third-order valence-electron chi connectivity index (χ3n) is 5.20. The molecule has 3 atom stereocenters. The Balaban J connectivity index is 1.48. The number of thiazole rings is 1. The van der Waals surface area contributed by atoms with Crippen molar-refractivity contribution in [3.63, 3.8) is 0 Å². The van der Waals surface area contributed by atoms with Gasteiger partial charge in [-0.15, -0.1) is 11.3 Å². The van der Waals surface area contributed by atoms with Gasteiger partial charge in [-0.3, -0.25) is 0 Å². The first-order chi connectivity index (χ1) is 11.7. The number of fused-ring (bicyclic) bond motifs is 2. The SMILES string of the molecule is S=C(N=c1sccn1Cc1ccccc1Cl)N[C@H]1C[C@@H]2CC[C@@H]1C2. The van der Waals surface area contributed by atoms with Crippen LogP contribution in [0, 0.1) is 11.8 Å². The van der Waals surface area contributed by atoms with Crippen LogP contribution in [0.25, 0.3) is 0 Å². The van der Waals surface area contributed by atoms with E-state index in [9.17, 15) is 0 Å². The van der Waals surface area contributed by atoms with E-state index in [1.54, 1.807) is 11.3 Å². The van der Waals surface area contributed by atoms with Gasteiger partial charge >= 0.3 is 0 Å². The average molecular weight is 378 g/mol. The molecule has 24 heavy (non-hydrogen) atoms. The lowest BCUT2D eigenvalue weighted by Crippen LogP contribution is -2.37. The lowest BCUT2D eigenvalue weighted by molar-refractivity contribution is 0.391. The summed E-state index contributed by atoms with van der Waals surface area (Å²) in [5, 5.41) is 6.92. The lowest BCUT2D eigenvalue weighted by atomic mass is 9.96. The van der Waals surface area contributed by atoms with Crippen molar-refractivity contribution in [2.75, 3.05) is 0 Å². The summed E-state index contributed by atoms with van der Waals surface area (Å²) in [4.78, 5) is 5.56. The van der Waals surface area contributed by atoms with Crippen LogP contribution in [0.5, 0.6) is 0 Å². The molecule has 2 saturated carbocycles. The van der Waals surface area contributed by atoms with Crippen LogP contribution in [0.15, 0.2) is 40.8 Å². The molecule has 4 rings (SSSR count). The molecular formula is C18H20ClN3S2. The molecule has 126 valence electrons. The Kier molecular flexibility index (Phi) is 4.74. The standard InChI is InChI=1S/C18H20ClN3S2/c19-15-4-2-1-3-14(15)11-22-7-8-24-18(22)21-17(23)20-16-10-12-5-6-13(16)9-12/h1-4,7-8,12-13,16H,5-6,9-11H2,(H,20,23)/t12-,13-,16+/m1/s1. The second-order valence-electron chi connectivity index (χ2n) is 6.75. The van der Waals surface area contributed by atoms with Crippen molar-refractivity contribution >= 4 is 40.3 Å². The minimum atomic E-state index is 0.525. The molecule has 2 bridgehead atoms. The van der Waals surface area contributed by atoms with Crippen LogP contribution in [0.4, 0.5) is 0 Å². The third-order valence-corrected chi connectivity index (χ3v) is 6.57. The van der Waals surface area contributed by atoms with Gasteiger partial charge in [0.05, 0.1) is 6.54 Å². The summed E-state index contributed by atoms with van der Waals surface area (Å²) < 4.78 is 2.10. The largest absolute Gasteiger partial charge is 0.358 e. The third kappa shape index (κ3) is 3.44. The van der Waals surface area contributed by atoms with E-state index in [1.165, 1.54) is 25.7 Å². The van der Waals surface area contributed by atoms with Crippen LogP contribution in [0.3, 0.4) is 0 Å². The number of thiocarbonyl (C=S) groups is 1. The molecule has 6 heteroatoms. The van der Waals surface area contributed by atoms with E-state index in [4.69, 9.17) is 23.8 Å². The Morgan fingerprint density at radius 3 is 2.96 bits per heavy atom. The van der Waals surface area contributed by atoms with Crippen molar-refractivity contribution in [3.8, 4) is 0 Å². The molecule has 0 radical (unpaired) electrons. The monoisotopic (exact) mass is 377 g/mol. The van der Waals surface area contributed by atoms with Gasteiger partial charge in [-0.2, -0.15) is 4.99 Å². The predicted octanol–water partition coefficient (Wildman–Crippen LogP) is 4.22. The van der Waals surface area contributed by atoms with E-state index in [-0.39, 0.29) is 0 Å². The maximum absolute atomic E-state index is 6.27. The Morgan fingerprint density at radius 1 is 1.33 bits per heavy atom. The quantitative estimate of drug-likeness (QED) is 0.811. The highest BCUT2D eigenvalue weighted by atomic mass is 35.5. The Morgan fingerprint density at radius 2 is 2.21 bits per heavy atom. The second-order valence-corrected chi connectivity index (χ2v) is 8.41. The van der Waals surface area contributed by atoms with Gasteiger partial charge in [-0.05, 0) is 54.9 Å². The van der Waals surface area contributed by atoms with Crippen LogP contribution in [-0.2, 0) is 6.54 Å². The minimum absolute atomic E-state index is 0.525. The zero-order chi connectivity index (χ0) is 16.5. The lowest BCUT2D eigenvalue weighted by Gasteiger charge is -2.22. The average Bonchev–Trinajstić information content (AvgIpc) is 3.27. The van der Waals surface area contributed by atoms with Gasteiger partial charge in [-0.1, -0.05) is 36.2 Å². The van der Waals surface area contributed by atoms with E-state index >= 15 is 0 Å². The summed E-state index contributed by atoms with van der Waals surface area (Å²) in [5.74, 6) is 1.70. The molecule has 2 aliphatic rings. The first-order valence-corrected chi connectivity index (χ1v) is 10.1. The zero-order valence-corrected chi connectivity index (χ0v) is 15.7. The molecule has 1 heterocycles. The van der Waals surface area contributed by atoms with E-state index in [1.807, 2.05) is 35.8 Å². The van der Waals surface area contributed by atoms with E-state index in [2.05, 4.69) is 14.9 Å². The van der Waals surface area contributed by atoms with Crippen molar-refractivity contribution < 1.29 is 0 Å². The molecule has 0 unspecified atom stereocenters. The van der Waals surface area contributed by atoms with Crippen LogP contribution in [-0.4, -0.2) is 15.7 Å². The predicted molar refractivity (Wildman–Crippen MR) is 103 cm³/mol. The molecule has 1 N–H and O–H groups in total. The molecule has 0 saturated heterocycles. The second kappa shape index (κ2) is 6.98. The first kappa shape index (κ1) is 16.3. The van der Waals surface area contributed by atoms with E-state index in [0.717, 1.165) is 27.2 Å². The number of nitrogens with zero attached hydrogens (tertiary/aromatic N) is 2. The summed E-state index contributed by atoms with van der Waals surface area (Å²) in [5.41, 5.74) is 1.09. The van der Waals surface area contributed by atoms with Gasteiger partial charge in [0.2, 0.25) is 0 Å². The van der Waals surface area contributed by atoms with Crippen LogP contribution >= 0.6 is 35.2 Å². The molecule has 2 aliphatic carbocycles. The van der Waals surface area contributed by atoms with Crippen LogP contribution in [0.2, 0.25) is 5.02 Å². The number of benzene rings is 1. The van der Waals surface area contributed by atoms with E-state index in [0.29, 0.717) is 17.7 Å². The summed E-state index contributed by atoms with van der Waals surface area (Å²) in [6, 6.07) is 8.44. The first-order valence-electron chi connectivity index (χ1n) is 8.41. The van der Waals surface area contributed by atoms with E-state index < -0.39 is 0 Å². The highest BCUT2D eigenvalue weighted by Gasteiger charge is 2.39. The Bertz CT molecular complexity index is 810. The molecule has 2 fully saturated rings. The van der Waals surface area contributed by atoms with Crippen LogP contribution < -0.4 is 10.1 Å². The molecule has 2 aromatic rings. The highest BCUT2D eigenvalue weighted by molar-refractivity contribution is 7.80. The molecule has 0 aliphatic heterocycles. The van der Waals surface area contributed by atoms with Gasteiger partial charge in [0.15, 0.2) is 9.91 Å². The maximum atomic E-state index is 6.27. The fourth-order valence-electron chi connectivity index (χ4n) is 4.02.